The van der Waals surface area contributed by atoms with E-state index >= 15 is 0 Å². The summed E-state index contributed by atoms with van der Waals surface area (Å²) in [4.78, 5) is 27.8. The minimum Gasteiger partial charge on any atom is -0.339 e. The number of hydrogen-bond donors (Lipinski definition) is 1. The lowest BCUT2D eigenvalue weighted by atomic mass is 10.1. The fraction of sp³-hybridized carbons (Fsp3) is 0.333. The number of nitrogens with zero attached hydrogens (tertiary/aromatic N) is 2. The van der Waals surface area contributed by atoms with E-state index < -0.39 is 0 Å². The van der Waals surface area contributed by atoms with Gasteiger partial charge in [-0.3, -0.25) is 4.79 Å². The topological polar surface area (TPSA) is 52.7 Å². The van der Waals surface area contributed by atoms with E-state index in [-0.39, 0.29) is 18.0 Å². The molecule has 0 spiro atoms. The first kappa shape index (κ1) is 20.8. The van der Waals surface area contributed by atoms with Gasteiger partial charge in [0.05, 0.1) is 0 Å². The number of nitrogens with one attached hydrogen (secondary N) is 1. The fourth-order valence-corrected chi connectivity index (χ4v) is 2.67. The Balaban J connectivity index is 1.89. The zero-order valence-electron chi connectivity index (χ0n) is 16.2. The van der Waals surface area contributed by atoms with E-state index in [9.17, 15) is 9.59 Å². The second-order valence-corrected chi connectivity index (χ2v) is 7.22. The van der Waals surface area contributed by atoms with Crippen molar-refractivity contribution >= 4 is 23.5 Å². The normalized spacial score (nSPS) is 10.6. The van der Waals surface area contributed by atoms with Crippen LogP contribution in [0.15, 0.2) is 48.5 Å². The zero-order chi connectivity index (χ0) is 20.0. The number of halogens is 1. The molecule has 0 heterocycles. The minimum absolute atomic E-state index is 0.0138. The van der Waals surface area contributed by atoms with Crippen LogP contribution in [0.2, 0.25) is 5.02 Å². The smallest absolute Gasteiger partial charge is 0.317 e. The Labute approximate surface area is 165 Å². The summed E-state index contributed by atoms with van der Waals surface area (Å²) >= 11 is 6.14. The highest BCUT2D eigenvalue weighted by Gasteiger charge is 2.14. The van der Waals surface area contributed by atoms with Crippen molar-refractivity contribution in [3.05, 3.63) is 70.2 Å². The third-order valence-corrected chi connectivity index (χ3v) is 4.82. The number of benzene rings is 2. The first-order valence-corrected chi connectivity index (χ1v) is 9.26. The van der Waals surface area contributed by atoms with Crippen LogP contribution in [0, 0.1) is 0 Å². The average molecular weight is 388 g/mol. The van der Waals surface area contributed by atoms with Crippen LogP contribution < -0.4 is 5.32 Å². The third kappa shape index (κ3) is 5.73. The van der Waals surface area contributed by atoms with E-state index in [1.54, 1.807) is 36.0 Å². The second-order valence-electron chi connectivity index (χ2n) is 6.81. The molecule has 0 bridgehead atoms. The van der Waals surface area contributed by atoms with E-state index in [0.717, 1.165) is 11.1 Å². The van der Waals surface area contributed by atoms with E-state index in [1.807, 2.05) is 50.2 Å². The standard InChI is InChI=1S/C21H26ClN3O2/c1-15(2)25(4)20(26)17-11-9-16(10-12-17)13-23-21(27)24(3)14-18-7-5-6-8-19(18)22/h5-12,15H,13-14H2,1-4H3,(H,23,27). The number of carbonyl (C=O) groups excluding carboxylic acids is 2. The fourth-order valence-electron chi connectivity index (χ4n) is 2.47. The molecule has 5 nitrogen and oxygen atoms in total. The maximum absolute atomic E-state index is 12.3. The van der Waals surface area contributed by atoms with Gasteiger partial charge in [0.1, 0.15) is 0 Å². The van der Waals surface area contributed by atoms with Crippen LogP contribution in [0.1, 0.15) is 35.3 Å². The van der Waals surface area contributed by atoms with Gasteiger partial charge in [-0.25, -0.2) is 4.79 Å². The molecule has 0 saturated heterocycles. The molecule has 27 heavy (non-hydrogen) atoms. The Morgan fingerprint density at radius 1 is 1.04 bits per heavy atom. The van der Waals surface area contributed by atoms with Gasteiger partial charge < -0.3 is 15.1 Å². The maximum Gasteiger partial charge on any atom is 0.317 e. The monoisotopic (exact) mass is 387 g/mol. The lowest BCUT2D eigenvalue weighted by molar-refractivity contribution is 0.0755. The van der Waals surface area contributed by atoms with Gasteiger partial charge in [-0.2, -0.15) is 0 Å². The van der Waals surface area contributed by atoms with E-state index in [0.29, 0.717) is 23.7 Å². The van der Waals surface area contributed by atoms with E-state index in [1.165, 1.54) is 0 Å². The van der Waals surface area contributed by atoms with Crippen LogP contribution >= 0.6 is 11.6 Å². The Morgan fingerprint density at radius 3 is 2.26 bits per heavy atom. The highest BCUT2D eigenvalue weighted by atomic mass is 35.5. The molecule has 0 fully saturated rings. The van der Waals surface area contributed by atoms with Gasteiger partial charge in [0, 0.05) is 43.8 Å². The third-order valence-electron chi connectivity index (χ3n) is 4.45. The van der Waals surface area contributed by atoms with Gasteiger partial charge in [-0.15, -0.1) is 0 Å². The molecule has 3 amide bonds. The summed E-state index contributed by atoms with van der Waals surface area (Å²) in [5.41, 5.74) is 2.46. The largest absolute Gasteiger partial charge is 0.339 e. The summed E-state index contributed by atoms with van der Waals surface area (Å²) < 4.78 is 0. The van der Waals surface area contributed by atoms with Crippen molar-refractivity contribution in [3.63, 3.8) is 0 Å². The first-order valence-electron chi connectivity index (χ1n) is 8.88. The lowest BCUT2D eigenvalue weighted by Gasteiger charge is -2.21. The summed E-state index contributed by atoms with van der Waals surface area (Å²) in [5, 5.41) is 3.52. The van der Waals surface area contributed by atoms with Crippen LogP contribution in [0.25, 0.3) is 0 Å². The molecule has 6 heteroatoms. The number of urea groups is 1. The molecule has 0 saturated carbocycles. The number of rotatable bonds is 6. The molecule has 2 aromatic rings. The quantitative estimate of drug-likeness (QED) is 0.809. The molecule has 2 rings (SSSR count). The Bertz CT molecular complexity index is 790. The first-order chi connectivity index (χ1) is 12.8. The highest BCUT2D eigenvalue weighted by molar-refractivity contribution is 6.31. The predicted octanol–water partition coefficient (Wildman–Crippen LogP) is 4.16. The summed E-state index contributed by atoms with van der Waals surface area (Å²) in [7, 11) is 3.51. The molecule has 0 aromatic heterocycles. The van der Waals surface area contributed by atoms with Crippen LogP contribution in [-0.4, -0.2) is 41.9 Å². The summed E-state index contributed by atoms with van der Waals surface area (Å²) in [6.07, 6.45) is 0. The van der Waals surface area contributed by atoms with Crippen molar-refractivity contribution in [1.82, 2.24) is 15.1 Å². The molecule has 0 aliphatic carbocycles. The summed E-state index contributed by atoms with van der Waals surface area (Å²) in [6, 6.07) is 14.7. The van der Waals surface area contributed by atoms with Crippen LogP contribution in [-0.2, 0) is 13.1 Å². The van der Waals surface area contributed by atoms with Gasteiger partial charge in [-0.1, -0.05) is 41.9 Å². The minimum atomic E-state index is -0.186. The molecule has 0 aliphatic rings. The number of amides is 3. The van der Waals surface area contributed by atoms with Crippen molar-refractivity contribution in [2.75, 3.05) is 14.1 Å². The molecule has 2 aromatic carbocycles. The van der Waals surface area contributed by atoms with Crippen molar-refractivity contribution in [1.29, 1.82) is 0 Å². The Hall–Kier alpha value is -2.53. The summed E-state index contributed by atoms with van der Waals surface area (Å²) in [5.74, 6) is -0.0138. The van der Waals surface area contributed by atoms with Gasteiger partial charge in [-0.05, 0) is 43.2 Å². The average Bonchev–Trinajstić information content (AvgIpc) is 2.66. The number of carbonyl (C=O) groups is 2. The van der Waals surface area contributed by atoms with Crippen molar-refractivity contribution < 1.29 is 9.59 Å². The molecule has 1 N–H and O–H groups in total. The van der Waals surface area contributed by atoms with E-state index in [4.69, 9.17) is 11.6 Å². The highest BCUT2D eigenvalue weighted by Crippen LogP contribution is 2.16. The molecular weight excluding hydrogens is 362 g/mol. The molecule has 144 valence electrons. The van der Waals surface area contributed by atoms with Gasteiger partial charge >= 0.3 is 6.03 Å². The van der Waals surface area contributed by atoms with Gasteiger partial charge in [0.25, 0.3) is 5.91 Å². The zero-order valence-corrected chi connectivity index (χ0v) is 17.0. The van der Waals surface area contributed by atoms with Gasteiger partial charge in [0.15, 0.2) is 0 Å². The summed E-state index contributed by atoms with van der Waals surface area (Å²) in [6.45, 7) is 4.77. The maximum atomic E-state index is 12.3. The molecular formula is C21H26ClN3O2. The van der Waals surface area contributed by atoms with Crippen LogP contribution in [0.3, 0.4) is 0 Å². The molecule has 0 atom stereocenters. The Morgan fingerprint density at radius 2 is 1.67 bits per heavy atom. The van der Waals surface area contributed by atoms with Crippen molar-refractivity contribution in [2.45, 2.75) is 33.0 Å². The lowest BCUT2D eigenvalue weighted by Crippen LogP contribution is -2.36. The van der Waals surface area contributed by atoms with Crippen LogP contribution in [0.4, 0.5) is 4.79 Å². The number of hydrogen-bond acceptors (Lipinski definition) is 2. The van der Waals surface area contributed by atoms with Gasteiger partial charge in [0.2, 0.25) is 0 Å². The predicted molar refractivity (Wildman–Crippen MR) is 109 cm³/mol. The van der Waals surface area contributed by atoms with Crippen LogP contribution in [0.5, 0.6) is 0 Å². The second kappa shape index (κ2) is 9.42. The molecule has 0 unspecified atom stereocenters. The SMILES string of the molecule is CC(C)N(C)C(=O)c1ccc(CNC(=O)N(C)Cc2ccccc2Cl)cc1. The Kier molecular flexibility index (Phi) is 7.25. The van der Waals surface area contributed by atoms with Crippen molar-refractivity contribution in [3.8, 4) is 0 Å². The molecule has 0 radical (unpaired) electrons. The van der Waals surface area contributed by atoms with Crippen molar-refractivity contribution in [2.24, 2.45) is 0 Å². The van der Waals surface area contributed by atoms with E-state index in [2.05, 4.69) is 5.32 Å². The molecule has 0 aliphatic heterocycles.